The molecule has 9 aromatic carbocycles. The van der Waals surface area contributed by atoms with Crippen molar-refractivity contribution in [2.75, 3.05) is 9.80 Å². The number of fused-ring (bicyclic) bond motifs is 10. The van der Waals surface area contributed by atoms with E-state index >= 15 is 0 Å². The lowest BCUT2D eigenvalue weighted by molar-refractivity contribution is 0.664. The molecule has 6 nitrogen and oxygen atoms in total. The van der Waals surface area contributed by atoms with Gasteiger partial charge in [-0.05, 0) is 107 Å². The molecule has 0 unspecified atom stereocenters. The molecule has 0 saturated carbocycles. The Kier molecular flexibility index (Phi) is 9.19. The third-order valence-corrected chi connectivity index (χ3v) is 12.6. The smallest absolute Gasteiger partial charge is 0.187 e. The van der Waals surface area contributed by atoms with Gasteiger partial charge in [-0.2, -0.15) is 5.26 Å². The average molecular weight is 827 g/mol. The van der Waals surface area contributed by atoms with Crippen molar-refractivity contribution in [3.63, 3.8) is 0 Å². The summed E-state index contributed by atoms with van der Waals surface area (Å²) < 4.78 is 13.9. The molecule has 11 rings (SSSR count). The quantitative estimate of drug-likeness (QED) is 0.143. The van der Waals surface area contributed by atoms with Gasteiger partial charge in [-0.3, -0.25) is 0 Å². The summed E-state index contributed by atoms with van der Waals surface area (Å²) in [5.41, 5.74) is 12.7. The van der Waals surface area contributed by atoms with Crippen LogP contribution in [0.25, 0.3) is 70.3 Å². The monoisotopic (exact) mass is 826 g/mol. The van der Waals surface area contributed by atoms with E-state index in [0.717, 1.165) is 99.5 Å². The van der Waals surface area contributed by atoms with Crippen molar-refractivity contribution in [2.45, 2.75) is 39.5 Å². The highest BCUT2D eigenvalue weighted by Gasteiger charge is 2.24. The van der Waals surface area contributed by atoms with Gasteiger partial charge in [0.2, 0.25) is 0 Å². The molecule has 0 amide bonds. The number of nitriles is 1. The van der Waals surface area contributed by atoms with E-state index in [9.17, 15) is 5.26 Å². The Morgan fingerprint density at radius 2 is 0.828 bits per heavy atom. The molecule has 0 atom stereocenters. The van der Waals surface area contributed by atoms with E-state index in [1.807, 2.05) is 48.5 Å². The van der Waals surface area contributed by atoms with Crippen LogP contribution in [0.4, 0.5) is 39.8 Å². The lowest BCUT2D eigenvalue weighted by Gasteiger charge is -2.27. The minimum atomic E-state index is 0.403. The Hall–Kier alpha value is -8.32. The standard InChI is InChI=1S/C58H42N4O2/c1-35(2)38-16-24-42(25-17-38)61(41-22-14-37(34-59)15-23-41)51-32-55-57(47-12-8-6-10-45(47)51)49-30-54-50(31-53(49)63-55)58-48-13-9-7-11-46(48)52(33-56(58)64-54)62(44-28-20-40(60-5)21-29-44)43-26-18-39(19-27-43)36(3)4/h6-33,35-36H,1-4H3. The van der Waals surface area contributed by atoms with Crippen LogP contribution in [0.3, 0.4) is 0 Å². The Bertz CT molecular complexity index is 3430. The zero-order valence-corrected chi connectivity index (χ0v) is 35.9. The third-order valence-electron chi connectivity index (χ3n) is 12.6. The van der Waals surface area contributed by atoms with Crippen LogP contribution >= 0.6 is 0 Å². The van der Waals surface area contributed by atoms with Crippen LogP contribution in [0.1, 0.15) is 56.2 Å². The van der Waals surface area contributed by atoms with Crippen molar-refractivity contribution in [2.24, 2.45) is 0 Å². The summed E-state index contributed by atoms with van der Waals surface area (Å²) in [5.74, 6) is 0.807. The zero-order chi connectivity index (χ0) is 43.6. The van der Waals surface area contributed by atoms with Crippen LogP contribution in [0.5, 0.6) is 0 Å². The predicted molar refractivity (Wildman–Crippen MR) is 265 cm³/mol. The first-order valence-electron chi connectivity index (χ1n) is 21.7. The molecule has 0 aliphatic carbocycles. The second-order valence-electron chi connectivity index (χ2n) is 17.1. The summed E-state index contributed by atoms with van der Waals surface area (Å²) >= 11 is 0. The van der Waals surface area contributed by atoms with Crippen molar-refractivity contribution in [1.29, 1.82) is 5.26 Å². The maximum Gasteiger partial charge on any atom is 0.187 e. The molecule has 11 aromatic rings. The van der Waals surface area contributed by atoms with E-state index in [2.05, 4.69) is 170 Å². The number of benzene rings is 9. The molecular weight excluding hydrogens is 785 g/mol. The van der Waals surface area contributed by atoms with E-state index in [1.54, 1.807) is 0 Å². The first kappa shape index (κ1) is 38.6. The van der Waals surface area contributed by atoms with Crippen molar-refractivity contribution in [1.82, 2.24) is 0 Å². The van der Waals surface area contributed by atoms with Crippen LogP contribution in [0, 0.1) is 17.9 Å². The Labute approximate surface area is 371 Å². The first-order valence-corrected chi connectivity index (χ1v) is 21.7. The summed E-state index contributed by atoms with van der Waals surface area (Å²) in [6.45, 7) is 16.4. The maximum absolute atomic E-state index is 9.64. The number of hydrogen-bond donors (Lipinski definition) is 0. The van der Waals surface area contributed by atoms with Crippen molar-refractivity contribution < 1.29 is 8.83 Å². The van der Waals surface area contributed by atoms with Crippen molar-refractivity contribution in [3.05, 3.63) is 198 Å². The molecule has 0 bridgehead atoms. The molecule has 0 N–H and O–H groups in total. The van der Waals surface area contributed by atoms with Gasteiger partial charge < -0.3 is 18.6 Å². The molecule has 0 aliphatic rings. The molecule has 0 saturated heterocycles. The lowest BCUT2D eigenvalue weighted by Crippen LogP contribution is -2.10. The second kappa shape index (κ2) is 15.2. The van der Waals surface area contributed by atoms with Crippen LogP contribution in [-0.2, 0) is 0 Å². The third kappa shape index (κ3) is 6.31. The fourth-order valence-electron chi connectivity index (χ4n) is 9.34. The van der Waals surface area contributed by atoms with Gasteiger partial charge in [0.1, 0.15) is 22.3 Å². The van der Waals surface area contributed by atoms with E-state index in [0.29, 0.717) is 23.1 Å². The van der Waals surface area contributed by atoms with Crippen LogP contribution in [0.2, 0.25) is 0 Å². The minimum absolute atomic E-state index is 0.403. The Morgan fingerprint density at radius 1 is 0.453 bits per heavy atom. The highest BCUT2D eigenvalue weighted by Crippen LogP contribution is 2.49. The SMILES string of the molecule is [C-]#[N+]c1ccc(N(c2ccc(C(C)C)cc2)c2cc3oc4cc5c(cc4c3c3ccccc23)oc2cc(N(c3ccc(C#N)cc3)c3ccc(C(C)C)cc3)c3ccccc3c25)cc1. The Morgan fingerprint density at radius 3 is 1.20 bits per heavy atom. The summed E-state index contributed by atoms with van der Waals surface area (Å²) in [4.78, 5) is 8.18. The van der Waals surface area contributed by atoms with Gasteiger partial charge in [-0.1, -0.05) is 113 Å². The number of hydrogen-bond acceptors (Lipinski definition) is 5. The summed E-state index contributed by atoms with van der Waals surface area (Å²) in [5, 5.41) is 17.9. The lowest BCUT2D eigenvalue weighted by atomic mass is 9.98. The van der Waals surface area contributed by atoms with Crippen LogP contribution < -0.4 is 9.80 Å². The van der Waals surface area contributed by atoms with Gasteiger partial charge in [-0.25, -0.2) is 4.85 Å². The molecule has 6 heteroatoms. The molecule has 0 fully saturated rings. The number of anilines is 6. The summed E-state index contributed by atoms with van der Waals surface area (Å²) in [7, 11) is 0. The van der Waals surface area contributed by atoms with Crippen LogP contribution in [0.15, 0.2) is 179 Å². The molecule has 0 aliphatic heterocycles. The zero-order valence-electron chi connectivity index (χ0n) is 35.9. The molecule has 306 valence electrons. The van der Waals surface area contributed by atoms with Crippen molar-refractivity contribution in [3.8, 4) is 6.07 Å². The fraction of sp³-hybridized carbons (Fsp3) is 0.103. The van der Waals surface area contributed by atoms with Crippen LogP contribution in [-0.4, -0.2) is 0 Å². The van der Waals surface area contributed by atoms with Gasteiger partial charge in [0.05, 0.1) is 29.6 Å². The first-order chi connectivity index (χ1) is 31.3. The number of nitrogens with zero attached hydrogens (tertiary/aromatic N) is 4. The van der Waals surface area contributed by atoms with Crippen molar-refractivity contribution >= 4 is 105 Å². The molecule has 64 heavy (non-hydrogen) atoms. The van der Waals surface area contributed by atoms with E-state index in [-0.39, 0.29) is 0 Å². The minimum Gasteiger partial charge on any atom is -0.456 e. The topological polar surface area (TPSA) is 60.9 Å². The predicted octanol–water partition coefficient (Wildman–Crippen LogP) is 17.4. The maximum atomic E-state index is 9.64. The molecular formula is C58H42N4O2. The largest absolute Gasteiger partial charge is 0.456 e. The average Bonchev–Trinajstić information content (AvgIpc) is 3.88. The van der Waals surface area contributed by atoms with E-state index in [1.165, 1.54) is 11.1 Å². The Balaban J connectivity index is 1.12. The normalized spacial score (nSPS) is 11.7. The summed E-state index contributed by atoms with van der Waals surface area (Å²) in [6, 6.07) is 60.9. The molecule has 0 spiro atoms. The number of rotatable bonds is 8. The van der Waals surface area contributed by atoms with Gasteiger partial charge in [0.25, 0.3) is 0 Å². The van der Waals surface area contributed by atoms with Gasteiger partial charge in [0, 0.05) is 67.2 Å². The van der Waals surface area contributed by atoms with Gasteiger partial charge >= 0.3 is 0 Å². The fourth-order valence-corrected chi connectivity index (χ4v) is 9.34. The highest BCUT2D eigenvalue weighted by atomic mass is 16.3. The summed E-state index contributed by atoms with van der Waals surface area (Å²) in [6.07, 6.45) is 0. The van der Waals surface area contributed by atoms with E-state index in [4.69, 9.17) is 15.4 Å². The molecule has 0 radical (unpaired) electrons. The second-order valence-corrected chi connectivity index (χ2v) is 17.1. The van der Waals surface area contributed by atoms with Gasteiger partial charge in [0.15, 0.2) is 5.69 Å². The number of furan rings is 2. The van der Waals surface area contributed by atoms with Gasteiger partial charge in [-0.15, -0.1) is 0 Å². The highest BCUT2D eigenvalue weighted by molar-refractivity contribution is 6.28. The molecule has 2 heterocycles. The van der Waals surface area contributed by atoms with E-state index < -0.39 is 0 Å². The molecule has 2 aromatic heterocycles.